The first kappa shape index (κ1) is 19.3. The summed E-state index contributed by atoms with van der Waals surface area (Å²) in [6, 6.07) is 13.3. The fraction of sp³-hybridized carbons (Fsp3) is 0.222. The molecule has 0 aliphatic heterocycles. The highest BCUT2D eigenvalue weighted by atomic mass is 35.5. The van der Waals surface area contributed by atoms with Crippen LogP contribution in [0.3, 0.4) is 0 Å². The maximum Gasteiger partial charge on any atom is 0.239 e. The van der Waals surface area contributed by atoms with E-state index in [9.17, 15) is 14.0 Å². The van der Waals surface area contributed by atoms with Crippen LogP contribution in [0.2, 0.25) is 5.02 Å². The third-order valence-corrected chi connectivity index (χ3v) is 4.47. The second kappa shape index (κ2) is 10.1. The van der Waals surface area contributed by atoms with Gasteiger partial charge in [0.1, 0.15) is 5.82 Å². The first-order valence-corrected chi connectivity index (χ1v) is 9.05. The summed E-state index contributed by atoms with van der Waals surface area (Å²) in [5.41, 5.74) is 0.567. The molecule has 7 heteroatoms. The van der Waals surface area contributed by atoms with E-state index in [0.29, 0.717) is 22.9 Å². The number of carbonyl (C=O) groups excluding carboxylic acids is 2. The predicted octanol–water partition coefficient (Wildman–Crippen LogP) is 3.05. The summed E-state index contributed by atoms with van der Waals surface area (Å²) < 4.78 is 13.0. The zero-order valence-electron chi connectivity index (χ0n) is 13.4. The Labute approximate surface area is 155 Å². The van der Waals surface area contributed by atoms with Gasteiger partial charge in [0.05, 0.1) is 13.0 Å². The van der Waals surface area contributed by atoms with Gasteiger partial charge in [-0.15, -0.1) is 11.8 Å². The monoisotopic (exact) mass is 380 g/mol. The Kier molecular flexibility index (Phi) is 7.76. The maximum absolute atomic E-state index is 13.0. The number of carbonyl (C=O) groups is 2. The van der Waals surface area contributed by atoms with E-state index in [1.807, 2.05) is 24.3 Å². The largest absolute Gasteiger partial charge is 0.354 e. The van der Waals surface area contributed by atoms with E-state index in [-0.39, 0.29) is 30.6 Å². The second-order valence-corrected chi connectivity index (χ2v) is 6.84. The molecule has 4 nitrogen and oxygen atoms in total. The van der Waals surface area contributed by atoms with Crippen LogP contribution in [-0.4, -0.2) is 30.7 Å². The number of nitrogens with one attached hydrogen (secondary N) is 2. The van der Waals surface area contributed by atoms with E-state index in [2.05, 4.69) is 10.6 Å². The van der Waals surface area contributed by atoms with Crippen molar-refractivity contribution >= 4 is 35.2 Å². The van der Waals surface area contributed by atoms with Crippen LogP contribution in [-0.2, 0) is 16.0 Å². The standard InChI is InChI=1S/C18H18ClFN2O2S/c19-14-4-6-16(7-5-14)25-9-8-21-18(24)12-22-17(23)11-13-2-1-3-15(20)10-13/h1-7,10H,8-9,11-12H2,(H,21,24)(H,22,23). The summed E-state index contributed by atoms with van der Waals surface area (Å²) in [7, 11) is 0. The predicted molar refractivity (Wildman–Crippen MR) is 98.3 cm³/mol. The molecule has 0 saturated carbocycles. The smallest absolute Gasteiger partial charge is 0.239 e. The number of benzene rings is 2. The van der Waals surface area contributed by atoms with Crippen molar-refractivity contribution in [3.63, 3.8) is 0 Å². The van der Waals surface area contributed by atoms with Crippen LogP contribution in [0.5, 0.6) is 0 Å². The fourth-order valence-electron chi connectivity index (χ4n) is 2.03. The van der Waals surface area contributed by atoms with Crippen LogP contribution >= 0.6 is 23.4 Å². The van der Waals surface area contributed by atoms with E-state index in [1.165, 1.54) is 12.1 Å². The first-order valence-electron chi connectivity index (χ1n) is 7.69. The van der Waals surface area contributed by atoms with Crippen LogP contribution in [0.4, 0.5) is 4.39 Å². The lowest BCUT2D eigenvalue weighted by atomic mass is 10.1. The van der Waals surface area contributed by atoms with Crippen molar-refractivity contribution in [3.05, 3.63) is 64.9 Å². The summed E-state index contributed by atoms with van der Waals surface area (Å²) in [4.78, 5) is 24.5. The van der Waals surface area contributed by atoms with Gasteiger partial charge in [0.15, 0.2) is 0 Å². The van der Waals surface area contributed by atoms with Gasteiger partial charge in [0.25, 0.3) is 0 Å². The highest BCUT2D eigenvalue weighted by Gasteiger charge is 2.07. The third-order valence-electron chi connectivity index (χ3n) is 3.21. The van der Waals surface area contributed by atoms with Crippen LogP contribution in [0.25, 0.3) is 0 Å². The number of hydrogen-bond acceptors (Lipinski definition) is 3. The highest BCUT2D eigenvalue weighted by molar-refractivity contribution is 7.99. The van der Waals surface area contributed by atoms with Crippen molar-refractivity contribution in [2.75, 3.05) is 18.8 Å². The molecule has 0 radical (unpaired) electrons. The van der Waals surface area contributed by atoms with Gasteiger partial charge in [-0.05, 0) is 42.0 Å². The Morgan fingerprint density at radius 3 is 2.52 bits per heavy atom. The average molecular weight is 381 g/mol. The molecular weight excluding hydrogens is 363 g/mol. The molecule has 2 N–H and O–H groups in total. The van der Waals surface area contributed by atoms with Crippen molar-refractivity contribution in [2.45, 2.75) is 11.3 Å². The number of rotatable bonds is 8. The lowest BCUT2D eigenvalue weighted by Gasteiger charge is -2.07. The molecule has 25 heavy (non-hydrogen) atoms. The third kappa shape index (κ3) is 7.58. The molecule has 0 fully saturated rings. The molecule has 0 aromatic heterocycles. The zero-order chi connectivity index (χ0) is 18.1. The Balaban J connectivity index is 1.60. The summed E-state index contributed by atoms with van der Waals surface area (Å²) in [6.07, 6.45) is 0.0391. The van der Waals surface area contributed by atoms with E-state index >= 15 is 0 Å². The molecule has 0 spiro atoms. The second-order valence-electron chi connectivity index (χ2n) is 5.24. The molecule has 2 rings (SSSR count). The average Bonchev–Trinajstić information content (AvgIpc) is 2.58. The van der Waals surface area contributed by atoms with E-state index < -0.39 is 0 Å². The van der Waals surface area contributed by atoms with E-state index in [0.717, 1.165) is 4.90 Å². The Hall–Kier alpha value is -2.05. The molecule has 0 unspecified atom stereocenters. The first-order chi connectivity index (χ1) is 12.0. The number of halogens is 2. The fourth-order valence-corrected chi connectivity index (χ4v) is 2.92. The Morgan fingerprint density at radius 1 is 1.04 bits per heavy atom. The quantitative estimate of drug-likeness (QED) is 0.546. The minimum absolute atomic E-state index is 0.0391. The van der Waals surface area contributed by atoms with Gasteiger partial charge in [0.2, 0.25) is 11.8 Å². The van der Waals surface area contributed by atoms with Gasteiger partial charge in [0, 0.05) is 22.2 Å². The number of amides is 2. The summed E-state index contributed by atoms with van der Waals surface area (Å²) in [5.74, 6) is -0.258. The van der Waals surface area contributed by atoms with Gasteiger partial charge in [-0.3, -0.25) is 9.59 Å². The highest BCUT2D eigenvalue weighted by Crippen LogP contribution is 2.19. The zero-order valence-corrected chi connectivity index (χ0v) is 15.0. The molecule has 0 bridgehead atoms. The van der Waals surface area contributed by atoms with Gasteiger partial charge in [-0.25, -0.2) is 4.39 Å². The molecule has 0 atom stereocenters. The van der Waals surface area contributed by atoms with Gasteiger partial charge in [-0.2, -0.15) is 0 Å². The maximum atomic E-state index is 13.0. The molecule has 0 aliphatic rings. The van der Waals surface area contributed by atoms with Crippen LogP contribution in [0.1, 0.15) is 5.56 Å². The minimum atomic E-state index is -0.388. The lowest BCUT2D eigenvalue weighted by Crippen LogP contribution is -2.38. The molecule has 2 aromatic rings. The topological polar surface area (TPSA) is 58.2 Å². The summed E-state index contributed by atoms with van der Waals surface area (Å²) in [6.45, 7) is 0.394. The Bertz CT molecular complexity index is 725. The number of hydrogen-bond donors (Lipinski definition) is 2. The number of thioether (sulfide) groups is 1. The van der Waals surface area contributed by atoms with Crippen LogP contribution in [0.15, 0.2) is 53.4 Å². The lowest BCUT2D eigenvalue weighted by molar-refractivity contribution is -0.125. The van der Waals surface area contributed by atoms with Crippen LogP contribution < -0.4 is 10.6 Å². The van der Waals surface area contributed by atoms with Gasteiger partial charge in [-0.1, -0.05) is 23.7 Å². The minimum Gasteiger partial charge on any atom is -0.354 e. The molecule has 0 saturated heterocycles. The molecular formula is C18H18ClFN2O2S. The molecule has 132 valence electrons. The Morgan fingerprint density at radius 2 is 1.80 bits per heavy atom. The van der Waals surface area contributed by atoms with Crippen molar-refractivity contribution in [1.82, 2.24) is 10.6 Å². The van der Waals surface area contributed by atoms with E-state index in [4.69, 9.17) is 11.6 Å². The normalized spacial score (nSPS) is 10.3. The van der Waals surface area contributed by atoms with Gasteiger partial charge >= 0.3 is 0 Å². The molecule has 0 aliphatic carbocycles. The van der Waals surface area contributed by atoms with Crippen LogP contribution in [0, 0.1) is 5.82 Å². The summed E-state index contributed by atoms with van der Waals surface area (Å²) >= 11 is 7.42. The molecule has 2 amide bonds. The van der Waals surface area contributed by atoms with Crippen molar-refractivity contribution in [3.8, 4) is 0 Å². The van der Waals surface area contributed by atoms with Crippen molar-refractivity contribution in [2.24, 2.45) is 0 Å². The van der Waals surface area contributed by atoms with Crippen molar-refractivity contribution in [1.29, 1.82) is 0 Å². The summed E-state index contributed by atoms with van der Waals surface area (Å²) in [5, 5.41) is 5.94. The van der Waals surface area contributed by atoms with Crippen molar-refractivity contribution < 1.29 is 14.0 Å². The van der Waals surface area contributed by atoms with E-state index in [1.54, 1.807) is 23.9 Å². The SMILES string of the molecule is O=C(CNC(=O)Cc1cccc(F)c1)NCCSc1ccc(Cl)cc1. The molecule has 0 heterocycles. The van der Waals surface area contributed by atoms with Gasteiger partial charge < -0.3 is 10.6 Å². The molecule has 2 aromatic carbocycles.